The molecule has 0 aliphatic heterocycles. The minimum atomic E-state index is -0.789. The predicted molar refractivity (Wildman–Crippen MR) is 142 cm³/mol. The molecule has 0 unspecified atom stereocenters. The molecule has 0 spiro atoms. The number of carbonyl (C=O) groups excluding carboxylic acids is 2. The Morgan fingerprint density at radius 3 is 2.83 bits per heavy atom. The summed E-state index contributed by atoms with van der Waals surface area (Å²) in [6.07, 6.45) is 0.174. The number of hydrogen-bond acceptors (Lipinski definition) is 7. The van der Waals surface area contributed by atoms with E-state index in [1.807, 2.05) is 32.0 Å². The van der Waals surface area contributed by atoms with Gasteiger partial charge in [0.1, 0.15) is 0 Å². The summed E-state index contributed by atoms with van der Waals surface area (Å²) in [7, 11) is -0.789. The molecule has 1 aliphatic carbocycles. The van der Waals surface area contributed by atoms with Gasteiger partial charge in [0.05, 0.1) is 41.3 Å². The van der Waals surface area contributed by atoms with Crippen molar-refractivity contribution in [2.24, 2.45) is 0 Å². The molecule has 36 heavy (non-hydrogen) atoms. The Bertz CT molecular complexity index is 1310. The topological polar surface area (TPSA) is 118 Å². The predicted octanol–water partition coefficient (Wildman–Crippen LogP) is 4.65. The van der Waals surface area contributed by atoms with Gasteiger partial charge >= 0.3 is 12.2 Å². The first kappa shape index (κ1) is 25.7. The lowest BCUT2D eigenvalue weighted by Gasteiger charge is -2.16. The molecule has 0 radical (unpaired) electrons. The van der Waals surface area contributed by atoms with Crippen LogP contribution in [-0.4, -0.2) is 49.3 Å². The molecule has 4 rings (SSSR count). The number of ether oxygens (including phenoxy) is 2. The standard InChI is InChI=1S/C25H31N5O4SSi/c1-15(2)34-25(32)28-17-10-19-18-9-16(12-26)5-6-20(18)30(21(19)11-17)13-22-23(27-14-35-22)29-24(31)33-7-8-36(3)4/h5-6,9,14-15,17,36H,7-8,10-11,13H2,1-4H3,(H,28,32)(H,29,31)/t17-/m0/s1. The zero-order valence-electron chi connectivity index (χ0n) is 21.0. The molecule has 2 aromatic heterocycles. The number of nitrogens with one attached hydrogen (secondary N) is 2. The summed E-state index contributed by atoms with van der Waals surface area (Å²) in [5, 5.41) is 16.2. The number of hydrogen-bond donors (Lipinski definition) is 2. The molecule has 2 heterocycles. The highest BCUT2D eigenvalue weighted by molar-refractivity contribution is 7.10. The Morgan fingerprint density at radius 2 is 2.11 bits per heavy atom. The fourth-order valence-electron chi connectivity index (χ4n) is 4.41. The van der Waals surface area contributed by atoms with Crippen LogP contribution < -0.4 is 10.6 Å². The number of alkyl carbamates (subject to hydrolysis) is 1. The van der Waals surface area contributed by atoms with E-state index in [1.54, 1.807) is 5.51 Å². The molecule has 1 atom stereocenters. The number of aromatic nitrogens is 2. The maximum absolute atomic E-state index is 12.3. The van der Waals surface area contributed by atoms with Crippen molar-refractivity contribution in [2.45, 2.75) is 64.5 Å². The van der Waals surface area contributed by atoms with E-state index in [2.05, 4.69) is 39.3 Å². The van der Waals surface area contributed by atoms with Crippen LogP contribution >= 0.6 is 11.3 Å². The molecule has 0 saturated carbocycles. The summed E-state index contributed by atoms with van der Waals surface area (Å²) in [6, 6.07) is 8.73. The SMILES string of the molecule is CC(C)OC(=O)N[C@H]1Cc2c(n(Cc3scnc3NC(=O)OCC[SiH](C)C)c3ccc(C#N)cc23)C1. The van der Waals surface area contributed by atoms with E-state index in [-0.39, 0.29) is 12.1 Å². The average Bonchev–Trinajstić information content (AvgIpc) is 3.48. The second-order valence-corrected chi connectivity index (χ2v) is 13.9. The van der Waals surface area contributed by atoms with Gasteiger partial charge in [-0.1, -0.05) is 13.1 Å². The van der Waals surface area contributed by atoms with Crippen LogP contribution in [0.25, 0.3) is 10.9 Å². The summed E-state index contributed by atoms with van der Waals surface area (Å²) in [6.45, 7) is 8.98. The number of thiazole rings is 1. The smallest absolute Gasteiger partial charge is 0.412 e. The lowest BCUT2D eigenvalue weighted by atomic mass is 10.1. The van der Waals surface area contributed by atoms with Crippen molar-refractivity contribution < 1.29 is 19.1 Å². The number of rotatable bonds is 8. The van der Waals surface area contributed by atoms with Crippen LogP contribution in [0.2, 0.25) is 19.1 Å². The molecule has 3 aromatic rings. The number of benzene rings is 1. The van der Waals surface area contributed by atoms with Crippen molar-refractivity contribution >= 4 is 49.0 Å². The van der Waals surface area contributed by atoms with Gasteiger partial charge in [-0.25, -0.2) is 14.6 Å². The molecule has 2 N–H and O–H groups in total. The van der Waals surface area contributed by atoms with Gasteiger partial charge in [0, 0.05) is 37.9 Å². The van der Waals surface area contributed by atoms with Crippen LogP contribution in [-0.2, 0) is 28.9 Å². The van der Waals surface area contributed by atoms with Gasteiger partial charge in [0.2, 0.25) is 0 Å². The Hall–Kier alpha value is -3.36. The maximum Gasteiger partial charge on any atom is 0.412 e. The van der Waals surface area contributed by atoms with Crippen LogP contribution in [0.1, 0.15) is 35.5 Å². The van der Waals surface area contributed by atoms with E-state index >= 15 is 0 Å². The second-order valence-electron chi connectivity index (χ2n) is 9.63. The molecular weight excluding hydrogens is 494 g/mol. The summed E-state index contributed by atoms with van der Waals surface area (Å²) >= 11 is 1.46. The first-order valence-corrected chi connectivity index (χ1v) is 16.1. The molecule has 1 aromatic carbocycles. The van der Waals surface area contributed by atoms with Crippen LogP contribution in [0.5, 0.6) is 0 Å². The van der Waals surface area contributed by atoms with Crippen LogP contribution in [0.4, 0.5) is 15.4 Å². The third-order valence-corrected chi connectivity index (χ3v) is 8.27. The number of nitrogens with zero attached hydrogens (tertiary/aromatic N) is 3. The summed E-state index contributed by atoms with van der Waals surface area (Å²) in [5.41, 5.74) is 5.52. The highest BCUT2D eigenvalue weighted by atomic mass is 32.1. The van der Waals surface area contributed by atoms with Crippen LogP contribution in [0.15, 0.2) is 23.7 Å². The third kappa shape index (κ3) is 5.88. The van der Waals surface area contributed by atoms with Crippen molar-refractivity contribution in [3.05, 3.63) is 45.4 Å². The van der Waals surface area contributed by atoms with E-state index < -0.39 is 21.0 Å². The Morgan fingerprint density at radius 1 is 1.31 bits per heavy atom. The second kappa shape index (κ2) is 11.1. The van der Waals surface area contributed by atoms with Gasteiger partial charge in [-0.05, 0) is 50.1 Å². The van der Waals surface area contributed by atoms with Gasteiger partial charge in [0.25, 0.3) is 0 Å². The average molecular weight is 526 g/mol. The maximum atomic E-state index is 12.3. The van der Waals surface area contributed by atoms with E-state index in [9.17, 15) is 14.9 Å². The molecule has 0 bridgehead atoms. The van der Waals surface area contributed by atoms with Crippen molar-refractivity contribution in [3.8, 4) is 6.07 Å². The van der Waals surface area contributed by atoms with E-state index in [4.69, 9.17) is 9.47 Å². The largest absolute Gasteiger partial charge is 0.450 e. The lowest BCUT2D eigenvalue weighted by molar-refractivity contribution is 0.112. The minimum Gasteiger partial charge on any atom is -0.450 e. The monoisotopic (exact) mass is 525 g/mol. The van der Waals surface area contributed by atoms with E-state index in [0.29, 0.717) is 37.4 Å². The first-order valence-electron chi connectivity index (χ1n) is 12.1. The highest BCUT2D eigenvalue weighted by Gasteiger charge is 2.30. The van der Waals surface area contributed by atoms with Gasteiger partial charge in [-0.2, -0.15) is 5.26 Å². The Balaban J connectivity index is 1.57. The Labute approximate surface area is 216 Å². The third-order valence-electron chi connectivity index (χ3n) is 6.06. The minimum absolute atomic E-state index is 0.0961. The van der Waals surface area contributed by atoms with Crippen molar-refractivity contribution in [1.82, 2.24) is 14.9 Å². The van der Waals surface area contributed by atoms with Gasteiger partial charge in [-0.15, -0.1) is 11.3 Å². The van der Waals surface area contributed by atoms with E-state index in [1.165, 1.54) is 11.3 Å². The van der Waals surface area contributed by atoms with Crippen LogP contribution in [0, 0.1) is 11.3 Å². The van der Waals surface area contributed by atoms with Crippen molar-refractivity contribution in [2.75, 3.05) is 11.9 Å². The summed E-state index contributed by atoms with van der Waals surface area (Å²) < 4.78 is 12.8. The zero-order valence-corrected chi connectivity index (χ0v) is 22.9. The summed E-state index contributed by atoms with van der Waals surface area (Å²) in [5.74, 6) is 0.490. The van der Waals surface area contributed by atoms with Gasteiger partial charge < -0.3 is 19.4 Å². The normalized spacial score (nSPS) is 14.6. The molecular formula is C25H31N5O4SSi. The molecule has 11 heteroatoms. The van der Waals surface area contributed by atoms with Gasteiger partial charge in [0.15, 0.2) is 5.82 Å². The van der Waals surface area contributed by atoms with Crippen molar-refractivity contribution in [3.63, 3.8) is 0 Å². The molecule has 0 fully saturated rings. The highest BCUT2D eigenvalue weighted by Crippen LogP contribution is 2.35. The van der Waals surface area contributed by atoms with Crippen LogP contribution in [0.3, 0.4) is 0 Å². The zero-order chi connectivity index (χ0) is 25.8. The molecule has 190 valence electrons. The number of amides is 2. The van der Waals surface area contributed by atoms with Crippen molar-refractivity contribution in [1.29, 1.82) is 5.26 Å². The molecule has 9 nitrogen and oxygen atoms in total. The molecule has 1 aliphatic rings. The number of anilines is 1. The summed E-state index contributed by atoms with van der Waals surface area (Å²) in [4.78, 5) is 29.7. The number of fused-ring (bicyclic) bond motifs is 3. The fraction of sp³-hybridized carbons (Fsp3) is 0.440. The molecule has 2 amide bonds. The molecule has 0 saturated heterocycles. The quantitative estimate of drug-likeness (QED) is 0.413. The number of carbonyl (C=O) groups is 2. The first-order chi connectivity index (χ1) is 17.2. The fourth-order valence-corrected chi connectivity index (χ4v) is 5.70. The lowest BCUT2D eigenvalue weighted by Crippen LogP contribution is -2.37. The van der Waals surface area contributed by atoms with Gasteiger partial charge in [-0.3, -0.25) is 5.32 Å². The number of nitriles is 1. The Kier molecular flexibility index (Phi) is 7.96. The van der Waals surface area contributed by atoms with E-state index in [0.717, 1.165) is 33.1 Å².